The summed E-state index contributed by atoms with van der Waals surface area (Å²) >= 11 is 0. The number of ether oxygens (including phenoxy) is 1. The van der Waals surface area contributed by atoms with Crippen molar-refractivity contribution >= 4 is 19.7 Å². The number of nitrogens with zero attached hydrogens (tertiary/aromatic N) is 3. The molecule has 5 heterocycles. The van der Waals surface area contributed by atoms with Crippen molar-refractivity contribution in [2.75, 3.05) is 31.5 Å². The molecule has 20 heavy (non-hydrogen) atoms. The number of piperidine rings is 3. The van der Waals surface area contributed by atoms with Gasteiger partial charge in [-0.15, -0.1) is 0 Å². The molecule has 1 unspecified atom stereocenters. The molecule has 3 saturated heterocycles. The number of anilines is 1. The zero-order valence-electron chi connectivity index (χ0n) is 11.5. The lowest BCUT2D eigenvalue weighted by molar-refractivity contribution is -0.845. The van der Waals surface area contributed by atoms with Gasteiger partial charge in [-0.05, 0) is 25.0 Å². The molecule has 0 saturated carbocycles. The highest BCUT2D eigenvalue weighted by Crippen LogP contribution is 2.43. The van der Waals surface area contributed by atoms with Crippen molar-refractivity contribution in [1.82, 2.24) is 4.98 Å². The van der Waals surface area contributed by atoms with Gasteiger partial charge in [-0.3, -0.25) is 4.98 Å². The Morgan fingerprint density at radius 2 is 2.25 bits per heavy atom. The summed E-state index contributed by atoms with van der Waals surface area (Å²) in [7, 11) is 6.42. The third kappa shape index (κ3) is 1.90. The van der Waals surface area contributed by atoms with E-state index in [1.54, 1.807) is 12.4 Å². The fraction of sp³-hybridized carbons (Fsp3) is 0.571. The summed E-state index contributed by atoms with van der Waals surface area (Å²) in [6, 6.07) is 4.46. The Hall–Kier alpha value is -1.56. The van der Waals surface area contributed by atoms with Crippen LogP contribution in [-0.2, 0) is 4.74 Å². The Morgan fingerprint density at radius 3 is 2.95 bits per heavy atom. The lowest BCUT2D eigenvalue weighted by Gasteiger charge is -2.64. The normalized spacial score (nSPS) is 38.6. The Kier molecular flexibility index (Phi) is 2.57. The minimum Gasteiger partial charge on any atom is -0.585 e. The van der Waals surface area contributed by atoms with Crippen LogP contribution in [0.2, 0.25) is 0 Å². The van der Waals surface area contributed by atoms with E-state index in [4.69, 9.17) is 12.7 Å². The summed E-state index contributed by atoms with van der Waals surface area (Å²) in [6.45, 7) is 3.74. The average Bonchev–Trinajstić information content (AvgIpc) is 2.82. The van der Waals surface area contributed by atoms with Gasteiger partial charge in [0.2, 0.25) is 0 Å². The molecule has 3 fully saturated rings. The number of aliphatic imine (C=N–C) groups is 1. The van der Waals surface area contributed by atoms with E-state index in [-0.39, 0.29) is 5.60 Å². The van der Waals surface area contributed by atoms with Gasteiger partial charge in [0, 0.05) is 25.2 Å². The third-order valence-corrected chi connectivity index (χ3v) is 4.88. The van der Waals surface area contributed by atoms with E-state index in [2.05, 4.69) is 15.3 Å². The fourth-order valence-electron chi connectivity index (χ4n) is 3.81. The predicted octanol–water partition coefficient (Wildman–Crippen LogP) is 0.942. The van der Waals surface area contributed by atoms with Crippen molar-refractivity contribution in [2.45, 2.75) is 18.4 Å². The Bertz CT molecular complexity index is 541. The van der Waals surface area contributed by atoms with Gasteiger partial charge in [-0.1, -0.05) is 0 Å². The van der Waals surface area contributed by atoms with Gasteiger partial charge in [-0.25, -0.2) is 13.0 Å². The third-order valence-electron chi connectivity index (χ3n) is 4.88. The van der Waals surface area contributed by atoms with Crippen LogP contribution in [-0.4, -0.2) is 55.2 Å². The van der Waals surface area contributed by atoms with Crippen molar-refractivity contribution in [1.29, 1.82) is 0 Å². The van der Waals surface area contributed by atoms with Gasteiger partial charge in [0.15, 0.2) is 5.60 Å². The SMILES string of the molecule is [B-][N+]12CCC(CC1)C1(CN=C(Nc3cccnc3)O1)C2. The predicted molar refractivity (Wildman–Crippen MR) is 77.3 cm³/mol. The maximum absolute atomic E-state index is 6.42. The first-order valence-corrected chi connectivity index (χ1v) is 7.23. The second-order valence-electron chi connectivity index (χ2n) is 6.25. The number of aromatic nitrogens is 1. The van der Waals surface area contributed by atoms with Crippen LogP contribution in [0, 0.1) is 5.92 Å². The number of amidine groups is 1. The maximum Gasteiger partial charge on any atom is 0.290 e. The quantitative estimate of drug-likeness (QED) is 0.772. The number of rotatable bonds is 1. The first-order valence-electron chi connectivity index (χ1n) is 7.23. The molecule has 5 rings (SSSR count). The van der Waals surface area contributed by atoms with Crippen LogP contribution in [0.4, 0.5) is 5.69 Å². The molecule has 2 bridgehead atoms. The molecule has 4 aliphatic rings. The molecule has 103 valence electrons. The van der Waals surface area contributed by atoms with E-state index in [0.717, 1.165) is 44.7 Å². The Morgan fingerprint density at radius 1 is 1.40 bits per heavy atom. The minimum absolute atomic E-state index is 0.185. The molecule has 1 aromatic heterocycles. The van der Waals surface area contributed by atoms with E-state index >= 15 is 0 Å². The van der Waals surface area contributed by atoms with Crippen LogP contribution in [0.25, 0.3) is 0 Å². The van der Waals surface area contributed by atoms with Crippen molar-refractivity contribution in [3.05, 3.63) is 24.5 Å². The van der Waals surface area contributed by atoms with Gasteiger partial charge < -0.3 is 14.4 Å². The van der Waals surface area contributed by atoms with Crippen LogP contribution in [0.3, 0.4) is 0 Å². The monoisotopic (exact) mass is 269 g/mol. The molecule has 4 aliphatic heterocycles. The largest absolute Gasteiger partial charge is 0.585 e. The van der Waals surface area contributed by atoms with Gasteiger partial charge in [0.05, 0.1) is 25.0 Å². The summed E-state index contributed by atoms with van der Waals surface area (Å²) in [5.74, 6) is 0.586. The summed E-state index contributed by atoms with van der Waals surface area (Å²) in [5, 5.41) is 3.20. The molecular formula is C14H18BN4O. The smallest absolute Gasteiger partial charge is 0.290 e. The second kappa shape index (κ2) is 4.22. The zero-order chi connectivity index (χ0) is 13.6. The maximum atomic E-state index is 6.42. The molecule has 1 N–H and O–H groups in total. The van der Waals surface area contributed by atoms with E-state index in [0.29, 0.717) is 16.3 Å². The summed E-state index contributed by atoms with van der Waals surface area (Å²) in [4.78, 5) is 8.63. The summed E-state index contributed by atoms with van der Waals surface area (Å²) in [5.41, 5.74) is 0.719. The van der Waals surface area contributed by atoms with Gasteiger partial charge in [0.1, 0.15) is 0 Å². The molecule has 0 aliphatic carbocycles. The molecule has 0 amide bonds. The first-order chi connectivity index (χ1) is 9.68. The lowest BCUT2D eigenvalue weighted by Crippen LogP contribution is -2.69. The lowest BCUT2D eigenvalue weighted by atomic mass is 9.72. The van der Waals surface area contributed by atoms with Gasteiger partial charge in [-0.2, -0.15) is 0 Å². The Balaban J connectivity index is 1.50. The zero-order valence-corrected chi connectivity index (χ0v) is 11.5. The molecule has 6 heteroatoms. The molecule has 3 radical (unpaired) electrons. The molecular weight excluding hydrogens is 251 g/mol. The topological polar surface area (TPSA) is 46.5 Å². The minimum atomic E-state index is -0.185. The number of quaternary nitrogens is 1. The van der Waals surface area contributed by atoms with Gasteiger partial charge >= 0.3 is 0 Å². The highest BCUT2D eigenvalue weighted by atomic mass is 16.5. The highest BCUT2D eigenvalue weighted by molar-refractivity contribution is 5.97. The van der Waals surface area contributed by atoms with E-state index in [1.807, 2.05) is 12.1 Å². The first kappa shape index (κ1) is 12.2. The number of pyridine rings is 1. The number of hydrogen-bond donors (Lipinski definition) is 1. The van der Waals surface area contributed by atoms with Crippen molar-refractivity contribution in [2.24, 2.45) is 10.9 Å². The molecule has 1 spiro atoms. The van der Waals surface area contributed by atoms with E-state index < -0.39 is 0 Å². The highest BCUT2D eigenvalue weighted by Gasteiger charge is 2.54. The molecule has 5 nitrogen and oxygen atoms in total. The van der Waals surface area contributed by atoms with E-state index in [1.165, 1.54) is 0 Å². The van der Waals surface area contributed by atoms with Gasteiger partial charge in [0.25, 0.3) is 6.02 Å². The van der Waals surface area contributed by atoms with Crippen LogP contribution in [0.15, 0.2) is 29.5 Å². The molecule has 1 atom stereocenters. The molecule has 1 aromatic rings. The van der Waals surface area contributed by atoms with Crippen molar-refractivity contribution < 1.29 is 9.13 Å². The van der Waals surface area contributed by atoms with Crippen molar-refractivity contribution in [3.63, 3.8) is 0 Å². The number of hydrogen-bond acceptors (Lipinski definition) is 4. The van der Waals surface area contributed by atoms with Crippen molar-refractivity contribution in [3.8, 4) is 0 Å². The fourth-order valence-corrected chi connectivity index (χ4v) is 3.81. The standard InChI is InChI=1S/C14H18BN4O/c15-19-6-3-11(4-7-19)14(10-19)9-17-13(20-14)18-12-2-1-5-16-8-12/h1-2,5,8,11H,3-4,6-7,9-10H2,(H,17,18). The summed E-state index contributed by atoms with van der Waals surface area (Å²) < 4.78 is 6.85. The average molecular weight is 269 g/mol. The second-order valence-corrected chi connectivity index (χ2v) is 6.25. The van der Waals surface area contributed by atoms with E-state index in [9.17, 15) is 0 Å². The summed E-state index contributed by atoms with van der Waals surface area (Å²) in [6.07, 6.45) is 5.81. The number of fused-ring (bicyclic) bond motifs is 2. The van der Waals surface area contributed by atoms with Crippen LogP contribution < -0.4 is 5.32 Å². The number of nitrogens with one attached hydrogen (secondary N) is 1. The van der Waals surface area contributed by atoms with Crippen LogP contribution >= 0.6 is 0 Å². The van der Waals surface area contributed by atoms with Crippen LogP contribution in [0.1, 0.15) is 12.8 Å². The molecule has 0 aromatic carbocycles. The Labute approximate surface area is 120 Å². The van der Waals surface area contributed by atoms with Crippen LogP contribution in [0.5, 0.6) is 0 Å².